The number of nitrogens with zero attached hydrogens (tertiary/aromatic N) is 2. The van der Waals surface area contributed by atoms with Gasteiger partial charge in [-0.2, -0.15) is 0 Å². The lowest BCUT2D eigenvalue weighted by molar-refractivity contribution is -0.0787. The lowest BCUT2D eigenvalue weighted by Gasteiger charge is -2.48. The summed E-state index contributed by atoms with van der Waals surface area (Å²) in [4.78, 5) is 4.07. The fourth-order valence-electron chi connectivity index (χ4n) is 3.79. The first-order chi connectivity index (χ1) is 11.6. The molecule has 0 amide bonds. The van der Waals surface area contributed by atoms with Crippen LogP contribution in [0.1, 0.15) is 26.2 Å². The third-order valence-corrected chi connectivity index (χ3v) is 7.37. The molecule has 2 aliphatic heterocycles. The van der Waals surface area contributed by atoms with Crippen molar-refractivity contribution >= 4 is 10.0 Å². The van der Waals surface area contributed by atoms with Crippen molar-refractivity contribution in [2.75, 3.05) is 38.7 Å². The molecule has 1 spiro atoms. The third kappa shape index (κ3) is 3.73. The molecule has 0 aliphatic carbocycles. The molecule has 2 fully saturated rings. The van der Waals surface area contributed by atoms with Gasteiger partial charge < -0.3 is 9.47 Å². The number of pyridine rings is 1. The first-order valence-electron chi connectivity index (χ1n) is 8.64. The number of ether oxygens (including phenoxy) is 2. The predicted octanol–water partition coefficient (Wildman–Crippen LogP) is 1.93. The average Bonchev–Trinajstić information content (AvgIpc) is 2.62. The first kappa shape index (κ1) is 17.6. The van der Waals surface area contributed by atoms with Crippen molar-refractivity contribution in [2.45, 2.75) is 26.2 Å². The summed E-state index contributed by atoms with van der Waals surface area (Å²) in [7, 11) is -3.09. The van der Waals surface area contributed by atoms with E-state index in [1.807, 2.05) is 12.1 Å². The average molecular weight is 354 g/mol. The van der Waals surface area contributed by atoms with Crippen LogP contribution in [0.4, 0.5) is 0 Å². The molecular weight excluding hydrogens is 328 g/mol. The number of aromatic nitrogens is 1. The Hall–Kier alpha value is -1.18. The Morgan fingerprint density at radius 2 is 2.17 bits per heavy atom. The van der Waals surface area contributed by atoms with E-state index in [2.05, 4.69) is 4.98 Å². The molecular formula is C17H26N2O4S. The van der Waals surface area contributed by atoms with Gasteiger partial charge in [0.15, 0.2) is 0 Å². The van der Waals surface area contributed by atoms with Gasteiger partial charge in [0.1, 0.15) is 5.75 Å². The minimum Gasteiger partial charge on any atom is -0.492 e. The number of hydrogen-bond acceptors (Lipinski definition) is 5. The van der Waals surface area contributed by atoms with Crippen LogP contribution in [0.2, 0.25) is 0 Å². The zero-order valence-electron chi connectivity index (χ0n) is 14.2. The predicted molar refractivity (Wildman–Crippen MR) is 91.4 cm³/mol. The zero-order valence-corrected chi connectivity index (χ0v) is 15.0. The topological polar surface area (TPSA) is 68.7 Å². The van der Waals surface area contributed by atoms with Gasteiger partial charge in [0.2, 0.25) is 10.0 Å². The highest BCUT2D eigenvalue weighted by atomic mass is 32.2. The van der Waals surface area contributed by atoms with E-state index in [-0.39, 0.29) is 17.1 Å². The molecule has 1 aromatic rings. The van der Waals surface area contributed by atoms with Crippen LogP contribution >= 0.6 is 0 Å². The molecule has 0 N–H and O–H groups in total. The quantitative estimate of drug-likeness (QED) is 0.808. The largest absolute Gasteiger partial charge is 0.492 e. The molecule has 2 aliphatic rings. The second-order valence-electron chi connectivity index (χ2n) is 6.68. The maximum Gasteiger partial charge on any atom is 0.213 e. The molecule has 134 valence electrons. The smallest absolute Gasteiger partial charge is 0.213 e. The Morgan fingerprint density at radius 1 is 1.38 bits per heavy atom. The molecule has 0 radical (unpaired) electrons. The summed E-state index contributed by atoms with van der Waals surface area (Å²) in [6.07, 6.45) is 6.19. The van der Waals surface area contributed by atoms with Crippen molar-refractivity contribution in [3.05, 3.63) is 24.5 Å². The van der Waals surface area contributed by atoms with Crippen molar-refractivity contribution in [2.24, 2.45) is 11.3 Å². The van der Waals surface area contributed by atoms with Crippen LogP contribution in [0.15, 0.2) is 24.5 Å². The van der Waals surface area contributed by atoms with Crippen LogP contribution in [-0.2, 0) is 14.8 Å². The summed E-state index contributed by atoms with van der Waals surface area (Å²) in [6.45, 7) is 4.95. The minimum absolute atomic E-state index is 0.125. The summed E-state index contributed by atoms with van der Waals surface area (Å²) in [5.74, 6) is 1.23. The summed E-state index contributed by atoms with van der Waals surface area (Å²) < 4.78 is 37.4. The van der Waals surface area contributed by atoms with E-state index in [1.165, 1.54) is 0 Å². The standard InChI is InChI=1S/C17H26N2O4S/c1-2-24(20,21)19-9-5-17(6-10-19)7-11-22-13-15(17)14-23-16-4-3-8-18-12-16/h3-4,8,12,15H,2,5-7,9-11,13-14H2,1H3. The Bertz CT molecular complexity index is 627. The van der Waals surface area contributed by atoms with E-state index in [0.717, 1.165) is 31.6 Å². The van der Waals surface area contributed by atoms with Crippen LogP contribution in [0.25, 0.3) is 0 Å². The second-order valence-corrected chi connectivity index (χ2v) is 8.94. The van der Waals surface area contributed by atoms with Gasteiger partial charge in [-0.25, -0.2) is 12.7 Å². The van der Waals surface area contributed by atoms with E-state index in [0.29, 0.717) is 26.3 Å². The molecule has 6 nitrogen and oxygen atoms in total. The Morgan fingerprint density at radius 3 is 2.83 bits per heavy atom. The van der Waals surface area contributed by atoms with Crippen LogP contribution in [0, 0.1) is 11.3 Å². The Balaban J connectivity index is 1.64. The van der Waals surface area contributed by atoms with Gasteiger partial charge in [0.25, 0.3) is 0 Å². The summed E-state index contributed by atoms with van der Waals surface area (Å²) in [5.41, 5.74) is 0.125. The van der Waals surface area contributed by atoms with E-state index >= 15 is 0 Å². The molecule has 0 saturated carbocycles. The lowest BCUT2D eigenvalue weighted by atomic mass is 9.66. The van der Waals surface area contributed by atoms with Gasteiger partial charge in [0.05, 0.1) is 25.2 Å². The first-order valence-corrected chi connectivity index (χ1v) is 10.2. The zero-order chi connectivity index (χ0) is 17.0. The van der Waals surface area contributed by atoms with Crippen molar-refractivity contribution in [1.82, 2.24) is 9.29 Å². The van der Waals surface area contributed by atoms with Crippen LogP contribution < -0.4 is 4.74 Å². The van der Waals surface area contributed by atoms with E-state index in [9.17, 15) is 8.42 Å². The molecule has 0 aromatic carbocycles. The Kier molecular flexibility index (Phi) is 5.42. The second kappa shape index (κ2) is 7.37. The molecule has 24 heavy (non-hydrogen) atoms. The fourth-order valence-corrected chi connectivity index (χ4v) is 4.89. The summed E-state index contributed by atoms with van der Waals surface area (Å²) in [5, 5.41) is 0. The molecule has 3 rings (SSSR count). The van der Waals surface area contributed by atoms with Crippen molar-refractivity contribution in [1.29, 1.82) is 0 Å². The lowest BCUT2D eigenvalue weighted by Crippen LogP contribution is -2.51. The van der Waals surface area contributed by atoms with Gasteiger partial charge in [-0.05, 0) is 43.7 Å². The highest BCUT2D eigenvalue weighted by Crippen LogP contribution is 2.45. The maximum atomic E-state index is 12.1. The van der Waals surface area contributed by atoms with Gasteiger partial charge in [0, 0.05) is 31.8 Å². The van der Waals surface area contributed by atoms with Crippen LogP contribution in [0.3, 0.4) is 0 Å². The summed E-state index contributed by atoms with van der Waals surface area (Å²) in [6, 6.07) is 3.76. The molecule has 3 heterocycles. The molecule has 7 heteroatoms. The minimum atomic E-state index is -3.09. The monoisotopic (exact) mass is 354 g/mol. The van der Waals surface area contributed by atoms with Crippen molar-refractivity contribution in [3.63, 3.8) is 0 Å². The fraction of sp³-hybridized carbons (Fsp3) is 0.706. The molecule has 1 aromatic heterocycles. The van der Waals surface area contributed by atoms with Crippen LogP contribution in [0.5, 0.6) is 5.75 Å². The van der Waals surface area contributed by atoms with Gasteiger partial charge in [-0.3, -0.25) is 4.98 Å². The highest BCUT2D eigenvalue weighted by Gasteiger charge is 2.45. The van der Waals surface area contributed by atoms with Gasteiger partial charge >= 0.3 is 0 Å². The van der Waals surface area contributed by atoms with Gasteiger partial charge in [-0.15, -0.1) is 0 Å². The number of sulfonamides is 1. The van der Waals surface area contributed by atoms with E-state index in [1.54, 1.807) is 23.6 Å². The SMILES string of the molecule is CCS(=O)(=O)N1CCC2(CCOCC2COc2cccnc2)CC1. The van der Waals surface area contributed by atoms with Gasteiger partial charge in [-0.1, -0.05) is 0 Å². The normalized spacial score (nSPS) is 24.8. The van der Waals surface area contributed by atoms with E-state index in [4.69, 9.17) is 9.47 Å². The molecule has 1 unspecified atom stereocenters. The highest BCUT2D eigenvalue weighted by molar-refractivity contribution is 7.89. The Labute approximate surface area is 144 Å². The number of rotatable bonds is 5. The van der Waals surface area contributed by atoms with Crippen LogP contribution in [-0.4, -0.2) is 56.4 Å². The molecule has 1 atom stereocenters. The third-order valence-electron chi connectivity index (χ3n) is 5.49. The van der Waals surface area contributed by atoms with Crippen molar-refractivity contribution < 1.29 is 17.9 Å². The van der Waals surface area contributed by atoms with E-state index < -0.39 is 10.0 Å². The summed E-state index contributed by atoms with van der Waals surface area (Å²) >= 11 is 0. The molecule has 0 bridgehead atoms. The molecule has 2 saturated heterocycles. The van der Waals surface area contributed by atoms with Crippen molar-refractivity contribution in [3.8, 4) is 5.75 Å². The maximum absolute atomic E-state index is 12.1. The number of hydrogen-bond donors (Lipinski definition) is 0. The number of piperidine rings is 1.